The van der Waals surface area contributed by atoms with Crippen molar-refractivity contribution in [3.05, 3.63) is 71.2 Å². The minimum Gasteiger partial charge on any atom is -0.378 e. The number of nitrogens with zero attached hydrogens (tertiary/aromatic N) is 4. The minimum atomic E-state index is -3.14. The molecule has 7 nitrogen and oxygen atoms in total. The van der Waals surface area contributed by atoms with Gasteiger partial charge in [0.15, 0.2) is 5.82 Å². The number of benzene rings is 2. The molecule has 5 rings (SSSR count). The summed E-state index contributed by atoms with van der Waals surface area (Å²) in [5.74, 6) is -3.31. The molecule has 1 amide bonds. The molecule has 0 unspecified atom stereocenters. The number of nitrogens with one attached hydrogen (secondary N) is 1. The molecule has 0 saturated carbocycles. The molecule has 2 aliphatic heterocycles. The number of morpholine rings is 1. The second-order valence-electron chi connectivity index (χ2n) is 10.2. The van der Waals surface area contributed by atoms with E-state index < -0.39 is 46.5 Å². The number of hydrogen-bond donors (Lipinski definition) is 1. The molecule has 2 fully saturated rings. The van der Waals surface area contributed by atoms with Gasteiger partial charge in [0.2, 0.25) is 0 Å². The molecule has 3 heterocycles. The molecule has 2 aliphatic rings. The van der Waals surface area contributed by atoms with Crippen LogP contribution in [0, 0.1) is 17.5 Å². The van der Waals surface area contributed by atoms with Crippen LogP contribution >= 0.6 is 0 Å². The Morgan fingerprint density at radius 3 is 2.44 bits per heavy atom. The molecular formula is C29H30F5N5O2. The molecule has 0 aliphatic carbocycles. The predicted molar refractivity (Wildman–Crippen MR) is 146 cm³/mol. The van der Waals surface area contributed by atoms with Crippen LogP contribution < -0.4 is 15.1 Å². The zero-order chi connectivity index (χ0) is 29.3. The average Bonchev–Trinajstić information content (AvgIpc) is 2.96. The highest BCUT2D eigenvalue weighted by Crippen LogP contribution is 2.39. The molecule has 1 atom stereocenters. The fourth-order valence-electron chi connectivity index (χ4n) is 5.12. The molecule has 1 aromatic heterocycles. The van der Waals surface area contributed by atoms with Crippen LogP contribution in [0.1, 0.15) is 29.3 Å². The van der Waals surface area contributed by atoms with E-state index >= 15 is 8.78 Å². The third kappa shape index (κ3) is 5.98. The van der Waals surface area contributed by atoms with Gasteiger partial charge < -0.3 is 24.8 Å². The number of hydrogen-bond acceptors (Lipinski definition) is 6. The quantitative estimate of drug-likeness (QED) is 0.401. The van der Waals surface area contributed by atoms with Crippen molar-refractivity contribution in [3.8, 4) is 11.1 Å². The fraction of sp³-hybridized carbons (Fsp3) is 0.379. The van der Waals surface area contributed by atoms with Gasteiger partial charge in [0.05, 0.1) is 24.5 Å². The molecule has 0 spiro atoms. The zero-order valence-corrected chi connectivity index (χ0v) is 22.6. The van der Waals surface area contributed by atoms with Gasteiger partial charge in [-0.3, -0.25) is 4.79 Å². The lowest BCUT2D eigenvalue weighted by Gasteiger charge is -2.39. The van der Waals surface area contributed by atoms with E-state index in [0.717, 1.165) is 18.2 Å². The summed E-state index contributed by atoms with van der Waals surface area (Å²) in [6.45, 7) is 5.73. The van der Waals surface area contributed by atoms with E-state index in [1.807, 2.05) is 18.9 Å². The van der Waals surface area contributed by atoms with Crippen LogP contribution in [0.2, 0.25) is 0 Å². The van der Waals surface area contributed by atoms with E-state index in [1.54, 1.807) is 11.0 Å². The van der Waals surface area contributed by atoms with Crippen LogP contribution in [0.5, 0.6) is 0 Å². The number of halogens is 5. The summed E-state index contributed by atoms with van der Waals surface area (Å²) < 4.78 is 78.3. The molecular weight excluding hydrogens is 545 g/mol. The lowest BCUT2D eigenvalue weighted by atomic mass is 10.0. The number of rotatable bonds is 6. The molecule has 0 radical (unpaired) electrons. The number of pyridine rings is 1. The summed E-state index contributed by atoms with van der Waals surface area (Å²) in [5, 5.41) is 2.40. The van der Waals surface area contributed by atoms with Crippen LogP contribution in [0.15, 0.2) is 42.6 Å². The van der Waals surface area contributed by atoms with Crippen molar-refractivity contribution in [1.29, 1.82) is 0 Å². The van der Waals surface area contributed by atoms with E-state index in [1.165, 1.54) is 12.3 Å². The number of alkyl halides is 2. The zero-order valence-electron chi connectivity index (χ0n) is 22.6. The third-order valence-corrected chi connectivity index (χ3v) is 7.60. The van der Waals surface area contributed by atoms with Crippen LogP contribution in [0.25, 0.3) is 11.1 Å². The fourth-order valence-corrected chi connectivity index (χ4v) is 5.12. The molecule has 2 aromatic carbocycles. The van der Waals surface area contributed by atoms with Crippen LogP contribution in [-0.4, -0.2) is 74.8 Å². The van der Waals surface area contributed by atoms with Crippen LogP contribution in [-0.2, 0) is 4.74 Å². The maximum atomic E-state index is 16.3. The number of carbonyl (C=O) groups excluding carboxylic acids is 1. The molecule has 0 bridgehead atoms. The molecule has 1 N–H and O–H groups in total. The summed E-state index contributed by atoms with van der Waals surface area (Å²) in [4.78, 5) is 23.4. The first-order chi connectivity index (χ1) is 19.6. The standard InChI is InChI=1S/C29H30F5N5O2/c1-17-16-39(8-7-37(17)2)23-14-22(31)25(18-3-6-24(35-15-18)38-9-11-41-12-10-38)26(32)27(23)36-29(40)20-5-4-19(30)13-21(20)28(33)34/h3-6,13-15,17,28H,7-12,16H2,1-2H3,(H,36,40)/t17-/m0/s1. The minimum absolute atomic E-state index is 0.0394. The SMILES string of the molecule is C[C@H]1CN(c2cc(F)c(-c3ccc(N4CCOCC4)nc3)c(F)c2NC(=O)c2ccc(F)cc2C(F)F)CCN1C. The van der Waals surface area contributed by atoms with E-state index in [9.17, 15) is 18.0 Å². The normalized spacial score (nSPS) is 18.2. The maximum Gasteiger partial charge on any atom is 0.264 e. The first-order valence-electron chi connectivity index (χ1n) is 13.3. The summed E-state index contributed by atoms with van der Waals surface area (Å²) in [5.41, 5.74) is -1.90. The van der Waals surface area contributed by atoms with Gasteiger partial charge in [-0.25, -0.2) is 26.9 Å². The van der Waals surface area contributed by atoms with Gasteiger partial charge in [0, 0.05) is 67.7 Å². The summed E-state index contributed by atoms with van der Waals surface area (Å²) >= 11 is 0. The summed E-state index contributed by atoms with van der Waals surface area (Å²) in [7, 11) is 1.93. The largest absolute Gasteiger partial charge is 0.378 e. The van der Waals surface area contributed by atoms with Crippen molar-refractivity contribution in [2.45, 2.75) is 19.4 Å². The topological polar surface area (TPSA) is 60.9 Å². The number of carbonyl (C=O) groups is 1. The second kappa shape index (κ2) is 12.0. The highest BCUT2D eigenvalue weighted by atomic mass is 19.3. The van der Waals surface area contributed by atoms with Gasteiger partial charge in [-0.15, -0.1) is 0 Å². The van der Waals surface area contributed by atoms with E-state index in [4.69, 9.17) is 4.74 Å². The predicted octanol–water partition coefficient (Wildman–Crippen LogP) is 5.33. The van der Waals surface area contributed by atoms with Gasteiger partial charge in [0.1, 0.15) is 23.1 Å². The van der Waals surface area contributed by atoms with Crippen molar-refractivity contribution in [1.82, 2.24) is 9.88 Å². The maximum absolute atomic E-state index is 16.3. The van der Waals surface area contributed by atoms with Crippen molar-refractivity contribution in [2.24, 2.45) is 0 Å². The number of piperazine rings is 1. The number of anilines is 3. The van der Waals surface area contributed by atoms with Crippen molar-refractivity contribution >= 4 is 23.1 Å². The van der Waals surface area contributed by atoms with Crippen molar-refractivity contribution < 1.29 is 31.5 Å². The Balaban J connectivity index is 1.56. The number of ether oxygens (including phenoxy) is 1. The highest BCUT2D eigenvalue weighted by Gasteiger charge is 2.29. The number of aromatic nitrogens is 1. The second-order valence-corrected chi connectivity index (χ2v) is 10.2. The Hall–Kier alpha value is -3.77. The smallest absolute Gasteiger partial charge is 0.264 e. The van der Waals surface area contributed by atoms with Gasteiger partial charge in [-0.1, -0.05) is 0 Å². The van der Waals surface area contributed by atoms with E-state index in [0.29, 0.717) is 57.8 Å². The lowest BCUT2D eigenvalue weighted by molar-refractivity contribution is 0.101. The molecule has 41 heavy (non-hydrogen) atoms. The monoisotopic (exact) mass is 575 g/mol. The Morgan fingerprint density at radius 2 is 1.78 bits per heavy atom. The first kappa shape index (κ1) is 28.7. The van der Waals surface area contributed by atoms with Crippen LogP contribution in [0.3, 0.4) is 0 Å². The number of likely N-dealkylation sites (N-methyl/N-ethyl adjacent to an activating group) is 1. The first-order valence-corrected chi connectivity index (χ1v) is 13.3. The van der Waals surface area contributed by atoms with E-state index in [2.05, 4.69) is 15.2 Å². The third-order valence-electron chi connectivity index (χ3n) is 7.60. The Bertz CT molecular complexity index is 1420. The Kier molecular flexibility index (Phi) is 8.41. The average molecular weight is 576 g/mol. The lowest BCUT2D eigenvalue weighted by Crippen LogP contribution is -2.50. The van der Waals surface area contributed by atoms with Gasteiger partial charge in [-0.2, -0.15) is 0 Å². The van der Waals surface area contributed by atoms with Gasteiger partial charge in [-0.05, 0) is 44.3 Å². The van der Waals surface area contributed by atoms with Gasteiger partial charge in [0.25, 0.3) is 12.3 Å². The van der Waals surface area contributed by atoms with Crippen molar-refractivity contribution in [2.75, 3.05) is 68.1 Å². The van der Waals surface area contributed by atoms with Gasteiger partial charge >= 0.3 is 0 Å². The molecule has 218 valence electrons. The Labute approximate surface area is 234 Å². The molecule has 12 heteroatoms. The molecule has 3 aromatic rings. The van der Waals surface area contributed by atoms with E-state index in [-0.39, 0.29) is 23.0 Å². The Morgan fingerprint density at radius 1 is 1.02 bits per heavy atom. The number of amides is 1. The van der Waals surface area contributed by atoms with Crippen LogP contribution in [0.4, 0.5) is 39.1 Å². The summed E-state index contributed by atoms with van der Waals surface area (Å²) in [6, 6.07) is 6.73. The van der Waals surface area contributed by atoms with Crippen molar-refractivity contribution in [3.63, 3.8) is 0 Å². The molecule has 2 saturated heterocycles. The summed E-state index contributed by atoms with van der Waals surface area (Å²) in [6.07, 6.45) is -1.79. The highest BCUT2D eigenvalue weighted by molar-refractivity contribution is 6.07.